The van der Waals surface area contributed by atoms with Gasteiger partial charge in [0, 0.05) is 35.9 Å². The Hall–Kier alpha value is -5.90. The number of nitrogens with one attached hydrogen (secondary N) is 1. The van der Waals surface area contributed by atoms with Crippen LogP contribution in [0.3, 0.4) is 0 Å². The minimum Gasteiger partial charge on any atom is -0.396 e. The van der Waals surface area contributed by atoms with E-state index in [1.165, 1.54) is 22.7 Å². The van der Waals surface area contributed by atoms with Gasteiger partial charge in [0.15, 0.2) is 11.6 Å². The predicted octanol–water partition coefficient (Wildman–Crippen LogP) is 5.39. The molecule has 310 valence electrons. The van der Waals surface area contributed by atoms with E-state index in [4.69, 9.17) is 46.9 Å². The summed E-state index contributed by atoms with van der Waals surface area (Å²) < 4.78 is 35.1. The number of nitrogen functional groups attached to an aromatic ring is 3. The lowest BCUT2D eigenvalue weighted by Crippen LogP contribution is -2.36. The van der Waals surface area contributed by atoms with E-state index in [0.29, 0.717) is 92.5 Å². The zero-order valence-corrected chi connectivity index (χ0v) is 35.9. The molecule has 0 saturated heterocycles. The summed E-state index contributed by atoms with van der Waals surface area (Å²) in [5.41, 5.74) is 24.7. The lowest BCUT2D eigenvalue weighted by atomic mass is 10.0. The van der Waals surface area contributed by atoms with Crippen LogP contribution in [0.25, 0.3) is 71.4 Å². The maximum atomic E-state index is 13.6. The Labute approximate surface area is 362 Å². The smallest absolute Gasteiger partial charge is 0.396 e. The summed E-state index contributed by atoms with van der Waals surface area (Å²) in [4.78, 5) is 34.0. The number of fused-ring (bicyclic) bond motifs is 2. The first-order chi connectivity index (χ1) is 29.7. The molecule has 1 saturated carbocycles. The summed E-state index contributed by atoms with van der Waals surface area (Å²) in [5, 5.41) is 14.3. The number of nitrogens with zero attached hydrogens (tertiary/aromatic N) is 8. The van der Waals surface area contributed by atoms with Crippen molar-refractivity contribution in [3.63, 3.8) is 0 Å². The minimum atomic E-state index is -1.43. The summed E-state index contributed by atoms with van der Waals surface area (Å²) in [6.07, 6.45) is 9.55. The number of nitrogens with two attached hydrogens (primary N) is 3. The average Bonchev–Trinajstić information content (AvgIpc) is 3.79. The van der Waals surface area contributed by atoms with Crippen LogP contribution in [0, 0.1) is 0 Å². The van der Waals surface area contributed by atoms with Gasteiger partial charge in [-0.05, 0) is 37.1 Å². The first-order valence-corrected chi connectivity index (χ1v) is 23.4. The maximum absolute atomic E-state index is 13.6. The molecule has 16 nitrogen and oxygen atoms in total. The maximum Gasteiger partial charge on any atom is 0.396 e. The number of benzene rings is 2. The van der Waals surface area contributed by atoms with Gasteiger partial charge >= 0.3 is 5.95 Å². The Kier molecular flexibility index (Phi) is 11.4. The molecule has 1 fully saturated rings. The number of hydrogen-bond acceptors (Lipinski definition) is 17. The Morgan fingerprint density at radius 1 is 0.787 bits per heavy atom. The van der Waals surface area contributed by atoms with Gasteiger partial charge in [-0.3, -0.25) is 13.7 Å². The van der Waals surface area contributed by atoms with Gasteiger partial charge < -0.3 is 27.0 Å². The van der Waals surface area contributed by atoms with Crippen molar-refractivity contribution in [1.29, 1.82) is 0 Å². The Morgan fingerprint density at radius 3 is 2.02 bits per heavy atom. The van der Waals surface area contributed by atoms with Crippen molar-refractivity contribution < 1.29 is 22.8 Å². The number of aliphatic hydroxyl groups is 1. The Morgan fingerprint density at radius 2 is 1.39 bits per heavy atom. The van der Waals surface area contributed by atoms with Crippen LogP contribution in [0.15, 0.2) is 87.8 Å². The number of ether oxygens (including phenoxy) is 1. The largest absolute Gasteiger partial charge is 0.396 e. The van der Waals surface area contributed by atoms with Crippen LogP contribution in [0.2, 0.25) is 0 Å². The molecular formula is C41H39N12O4S4+. The first-order valence-electron chi connectivity index (χ1n) is 19.2. The second-order valence-corrected chi connectivity index (χ2v) is 19.8. The first kappa shape index (κ1) is 40.5. The lowest BCUT2D eigenvalue weighted by Gasteiger charge is -2.23. The molecule has 0 spiro atoms. The molecule has 1 aliphatic carbocycles. The molecule has 1 aliphatic rings. The molecule has 6 heterocycles. The molecule has 6 aromatic heterocycles. The molecule has 0 radical (unpaired) electrons. The number of methoxy groups -OCH3 is 1. The van der Waals surface area contributed by atoms with Crippen LogP contribution in [-0.2, 0) is 26.3 Å². The summed E-state index contributed by atoms with van der Waals surface area (Å²) in [6.45, 7) is 0.444. The quantitative estimate of drug-likeness (QED) is 0.0859. The van der Waals surface area contributed by atoms with Crippen molar-refractivity contribution >= 4 is 88.0 Å². The highest BCUT2D eigenvalue weighted by Crippen LogP contribution is 2.44. The summed E-state index contributed by atoms with van der Waals surface area (Å²) in [6, 6.07) is 17.4. The second kappa shape index (κ2) is 17.2. The number of aromatic nitrogens is 8. The predicted molar refractivity (Wildman–Crippen MR) is 241 cm³/mol. The lowest BCUT2D eigenvalue weighted by molar-refractivity contribution is -0.583. The van der Waals surface area contributed by atoms with Gasteiger partial charge in [0.05, 0.1) is 98.0 Å². The minimum absolute atomic E-state index is 0.0916. The van der Waals surface area contributed by atoms with E-state index in [9.17, 15) is 13.5 Å². The van der Waals surface area contributed by atoms with E-state index < -0.39 is 21.6 Å². The van der Waals surface area contributed by atoms with Crippen LogP contribution >= 0.6 is 22.7 Å². The molecule has 9 rings (SSSR count). The van der Waals surface area contributed by atoms with E-state index in [0.717, 1.165) is 30.5 Å². The third-order valence-corrected chi connectivity index (χ3v) is 16.4. The summed E-state index contributed by atoms with van der Waals surface area (Å²) in [5.74, 6) is 1.62. The van der Waals surface area contributed by atoms with Crippen molar-refractivity contribution in [1.82, 2.24) is 34.9 Å². The molecule has 8 aromatic rings. The van der Waals surface area contributed by atoms with Crippen molar-refractivity contribution in [3.05, 3.63) is 79.4 Å². The van der Waals surface area contributed by atoms with Crippen molar-refractivity contribution in [2.24, 2.45) is 0 Å². The molecule has 0 aliphatic heterocycles. The zero-order chi connectivity index (χ0) is 42.2. The third-order valence-electron chi connectivity index (χ3n) is 10.2. The highest BCUT2D eigenvalue weighted by molar-refractivity contribution is 7.88. The fourth-order valence-electron chi connectivity index (χ4n) is 6.85. The molecule has 2 aromatic carbocycles. The van der Waals surface area contributed by atoms with Gasteiger partial charge in [0.1, 0.15) is 30.0 Å². The summed E-state index contributed by atoms with van der Waals surface area (Å²) >= 11 is 2.60. The number of rotatable bonds is 14. The van der Waals surface area contributed by atoms with Crippen LogP contribution in [0.5, 0.6) is 0 Å². The van der Waals surface area contributed by atoms with Crippen molar-refractivity contribution in [2.45, 2.75) is 32.9 Å². The van der Waals surface area contributed by atoms with E-state index >= 15 is 0 Å². The van der Waals surface area contributed by atoms with Crippen molar-refractivity contribution in [2.75, 3.05) is 55.1 Å². The second-order valence-electron chi connectivity index (χ2n) is 14.1. The van der Waals surface area contributed by atoms with Gasteiger partial charge in [-0.1, -0.05) is 41.7 Å². The van der Waals surface area contributed by atoms with Gasteiger partial charge in [-0.15, -0.1) is 22.7 Å². The van der Waals surface area contributed by atoms with Crippen LogP contribution in [0.4, 0.5) is 23.3 Å². The molecular weight excluding hydrogens is 853 g/mol. The number of hydrogen-bond donors (Lipinski definition) is 5. The Bertz CT molecular complexity index is 2960. The van der Waals surface area contributed by atoms with E-state index in [-0.39, 0.29) is 30.1 Å². The zero-order valence-electron chi connectivity index (χ0n) is 32.6. The molecule has 2 unspecified atom stereocenters. The van der Waals surface area contributed by atoms with Gasteiger partial charge in [0.25, 0.3) is 0 Å². The van der Waals surface area contributed by atoms with Gasteiger partial charge in [-0.2, -0.15) is 0 Å². The fraction of sp³-hybridized carbons (Fsp3) is 0.220. The van der Waals surface area contributed by atoms with E-state index in [1.54, 1.807) is 25.7 Å². The van der Waals surface area contributed by atoms with E-state index in [2.05, 4.69) is 15.3 Å². The van der Waals surface area contributed by atoms with Crippen LogP contribution in [-0.4, -0.2) is 86.3 Å². The Balaban J connectivity index is 1.15. The standard InChI is InChI=1S/C41H38N12O4S4/c1-57-16-17-60(55)38-30(42)28-33(49-34(51-36(28)58-38)24-18-46-40(44)47-19-24)23-10-12-26(13-11-23)53-21-25(20-48-41(53)45-14-15-54)35-50-32(22-6-3-2-4-7-22)29-31(43)39(59-37(29)52-35)61(56)27-8-5-9-27/h2-4,6-7,10-13,18-21,27,54H,5,8-9,14-17,42-43H2,1H3,(H2,44,46,47,49,51)/p+1. The number of anilines is 4. The molecule has 0 amide bonds. The summed E-state index contributed by atoms with van der Waals surface area (Å²) in [7, 11) is -1.11. The molecule has 61 heavy (non-hydrogen) atoms. The number of aliphatic hydroxyl groups excluding tert-OH is 1. The topological polar surface area (TPSA) is 248 Å². The number of thiophene rings is 2. The van der Waals surface area contributed by atoms with Crippen LogP contribution < -0.4 is 27.1 Å². The van der Waals surface area contributed by atoms with Crippen LogP contribution in [0.1, 0.15) is 19.3 Å². The van der Waals surface area contributed by atoms with E-state index in [1.807, 2.05) is 65.4 Å². The SMILES string of the molecule is COCCS(=O)c1sc2nc(-c3cnc(N)nc3)nc(-c3ccc(-[n+]4cc(-c5nc(-c6ccccc6)c6c(N)c(S(=O)C7CCC7)sc6n5)cnc4NCCO)cc3)c2c1N. The van der Waals surface area contributed by atoms with Gasteiger partial charge in [0.2, 0.25) is 5.95 Å². The highest BCUT2D eigenvalue weighted by Gasteiger charge is 2.30. The highest BCUT2D eigenvalue weighted by atomic mass is 32.2. The normalized spacial score (nSPS) is 14.0. The molecule has 8 N–H and O–H groups in total. The third kappa shape index (κ3) is 7.81. The van der Waals surface area contributed by atoms with Gasteiger partial charge in [-0.25, -0.2) is 34.5 Å². The van der Waals surface area contributed by atoms with Crippen molar-refractivity contribution in [3.8, 4) is 51.0 Å². The molecule has 20 heteroatoms. The molecule has 2 atom stereocenters. The fourth-order valence-corrected chi connectivity index (χ4v) is 12.6. The molecule has 0 bridgehead atoms. The monoisotopic (exact) mass is 891 g/mol. The average molecular weight is 892 g/mol.